The molecule has 1 rings (SSSR count). The van der Waals surface area contributed by atoms with Crippen LogP contribution in [0.3, 0.4) is 0 Å². The smallest absolute Gasteiger partial charge is 0.228 e. The molecule has 1 aromatic heterocycles. The second-order valence-electron chi connectivity index (χ2n) is 4.59. The van der Waals surface area contributed by atoms with Crippen molar-refractivity contribution in [2.45, 2.75) is 27.2 Å². The van der Waals surface area contributed by atoms with E-state index in [9.17, 15) is 4.79 Å². The molecule has 0 aromatic carbocycles. The van der Waals surface area contributed by atoms with Crippen LogP contribution in [0.5, 0.6) is 0 Å². The number of anilines is 1. The average Bonchev–Trinajstić information content (AvgIpc) is 2.28. The van der Waals surface area contributed by atoms with Gasteiger partial charge in [0.25, 0.3) is 0 Å². The van der Waals surface area contributed by atoms with E-state index < -0.39 is 0 Å². The Balaban J connectivity index is 0.00000289. The lowest BCUT2D eigenvalue weighted by Crippen LogP contribution is -2.35. The van der Waals surface area contributed by atoms with Gasteiger partial charge in [-0.1, -0.05) is 13.8 Å². The molecule has 0 aliphatic carbocycles. The first-order valence-corrected chi connectivity index (χ1v) is 6.01. The standard InChI is InChI=1S/C13H21N3O.ClH/c1-4-16(9-10(2)3)13(17)7-12-6-5-11(14)8-15-12;/h5-6,8,10H,4,7,9,14H2,1-3H3;1H. The van der Waals surface area contributed by atoms with Crippen LogP contribution >= 0.6 is 12.4 Å². The van der Waals surface area contributed by atoms with E-state index in [0.717, 1.165) is 18.8 Å². The lowest BCUT2D eigenvalue weighted by molar-refractivity contribution is -0.130. The number of rotatable bonds is 5. The van der Waals surface area contributed by atoms with Crippen molar-refractivity contribution < 1.29 is 4.79 Å². The predicted molar refractivity (Wildman–Crippen MR) is 76.7 cm³/mol. The van der Waals surface area contributed by atoms with Gasteiger partial charge in [-0.25, -0.2) is 0 Å². The molecule has 5 heteroatoms. The van der Waals surface area contributed by atoms with E-state index in [4.69, 9.17) is 5.73 Å². The molecule has 0 fully saturated rings. The van der Waals surface area contributed by atoms with Gasteiger partial charge in [0.2, 0.25) is 5.91 Å². The second-order valence-corrected chi connectivity index (χ2v) is 4.59. The fourth-order valence-electron chi connectivity index (χ4n) is 1.66. The lowest BCUT2D eigenvalue weighted by Gasteiger charge is -2.22. The van der Waals surface area contributed by atoms with Gasteiger partial charge >= 0.3 is 0 Å². The number of likely N-dealkylation sites (N-methyl/N-ethyl adjacent to an activating group) is 1. The summed E-state index contributed by atoms with van der Waals surface area (Å²) >= 11 is 0. The first-order valence-electron chi connectivity index (χ1n) is 6.01. The molecule has 0 spiro atoms. The Bertz CT molecular complexity index is 365. The first-order chi connectivity index (χ1) is 8.02. The Labute approximate surface area is 115 Å². The predicted octanol–water partition coefficient (Wildman–Crippen LogP) is 2.13. The molecule has 0 atom stereocenters. The van der Waals surface area contributed by atoms with E-state index in [0.29, 0.717) is 18.0 Å². The topological polar surface area (TPSA) is 59.2 Å². The third kappa shape index (κ3) is 5.36. The molecular weight excluding hydrogens is 250 g/mol. The molecule has 1 heterocycles. The third-order valence-corrected chi connectivity index (χ3v) is 2.50. The van der Waals surface area contributed by atoms with E-state index in [-0.39, 0.29) is 18.3 Å². The van der Waals surface area contributed by atoms with Gasteiger partial charge in [0.05, 0.1) is 18.3 Å². The van der Waals surface area contributed by atoms with E-state index in [1.807, 2.05) is 11.8 Å². The fourth-order valence-corrected chi connectivity index (χ4v) is 1.66. The van der Waals surface area contributed by atoms with Gasteiger partial charge in [0.15, 0.2) is 0 Å². The minimum Gasteiger partial charge on any atom is -0.397 e. The molecule has 0 saturated heterocycles. The highest BCUT2D eigenvalue weighted by atomic mass is 35.5. The summed E-state index contributed by atoms with van der Waals surface area (Å²) < 4.78 is 0. The van der Waals surface area contributed by atoms with Crippen molar-refractivity contribution in [2.24, 2.45) is 5.92 Å². The Morgan fingerprint density at radius 2 is 2.11 bits per heavy atom. The van der Waals surface area contributed by atoms with E-state index in [2.05, 4.69) is 18.8 Å². The molecule has 18 heavy (non-hydrogen) atoms. The van der Waals surface area contributed by atoms with Crippen LogP contribution in [0, 0.1) is 5.92 Å². The van der Waals surface area contributed by atoms with Crippen LogP contribution in [-0.2, 0) is 11.2 Å². The van der Waals surface area contributed by atoms with E-state index >= 15 is 0 Å². The monoisotopic (exact) mass is 271 g/mol. The van der Waals surface area contributed by atoms with Gasteiger partial charge in [0.1, 0.15) is 0 Å². The number of amides is 1. The van der Waals surface area contributed by atoms with Crippen molar-refractivity contribution in [2.75, 3.05) is 18.8 Å². The summed E-state index contributed by atoms with van der Waals surface area (Å²) in [7, 11) is 0. The first kappa shape index (κ1) is 16.7. The SMILES string of the molecule is CCN(CC(C)C)C(=O)Cc1ccc(N)cn1.Cl. The number of nitrogen functional groups attached to an aromatic ring is 1. The van der Waals surface area contributed by atoms with Crippen LogP contribution in [0.4, 0.5) is 5.69 Å². The summed E-state index contributed by atoms with van der Waals surface area (Å²) in [4.78, 5) is 18.0. The molecular formula is C13H22ClN3O. The van der Waals surface area contributed by atoms with Crippen molar-refractivity contribution in [1.82, 2.24) is 9.88 Å². The molecule has 0 radical (unpaired) electrons. The number of carbonyl (C=O) groups excluding carboxylic acids is 1. The highest BCUT2D eigenvalue weighted by molar-refractivity contribution is 5.85. The number of nitrogens with two attached hydrogens (primary N) is 1. The van der Waals surface area contributed by atoms with Crippen LogP contribution in [0.1, 0.15) is 26.5 Å². The second kappa shape index (κ2) is 7.93. The highest BCUT2D eigenvalue weighted by Crippen LogP contribution is 2.05. The largest absolute Gasteiger partial charge is 0.397 e. The number of pyridine rings is 1. The van der Waals surface area contributed by atoms with Gasteiger partial charge in [-0.2, -0.15) is 0 Å². The summed E-state index contributed by atoms with van der Waals surface area (Å²) in [5, 5.41) is 0. The number of halogens is 1. The maximum absolute atomic E-state index is 12.0. The molecule has 0 saturated carbocycles. The van der Waals surface area contributed by atoms with Gasteiger partial charge in [-0.3, -0.25) is 9.78 Å². The van der Waals surface area contributed by atoms with Gasteiger partial charge in [-0.15, -0.1) is 12.4 Å². The molecule has 4 nitrogen and oxygen atoms in total. The van der Waals surface area contributed by atoms with Gasteiger partial charge < -0.3 is 10.6 Å². The number of nitrogens with zero attached hydrogens (tertiary/aromatic N) is 2. The molecule has 0 aliphatic rings. The minimum atomic E-state index is 0. The van der Waals surface area contributed by atoms with Crippen LogP contribution < -0.4 is 5.73 Å². The number of hydrogen-bond donors (Lipinski definition) is 1. The van der Waals surface area contributed by atoms with Gasteiger partial charge in [-0.05, 0) is 25.0 Å². The van der Waals surface area contributed by atoms with Crippen LogP contribution in [0.15, 0.2) is 18.3 Å². The quantitative estimate of drug-likeness (QED) is 0.893. The average molecular weight is 272 g/mol. The Morgan fingerprint density at radius 3 is 2.56 bits per heavy atom. The maximum atomic E-state index is 12.0. The van der Waals surface area contributed by atoms with Crippen LogP contribution in [0.2, 0.25) is 0 Å². The summed E-state index contributed by atoms with van der Waals surface area (Å²) in [6, 6.07) is 3.57. The molecule has 1 amide bonds. The number of carbonyl (C=O) groups is 1. The molecule has 2 N–H and O–H groups in total. The number of hydrogen-bond acceptors (Lipinski definition) is 3. The fraction of sp³-hybridized carbons (Fsp3) is 0.538. The summed E-state index contributed by atoms with van der Waals surface area (Å²) in [6.07, 6.45) is 1.93. The Morgan fingerprint density at radius 1 is 1.44 bits per heavy atom. The van der Waals surface area contributed by atoms with Crippen molar-refractivity contribution in [3.8, 4) is 0 Å². The van der Waals surface area contributed by atoms with E-state index in [1.54, 1.807) is 18.3 Å². The minimum absolute atomic E-state index is 0. The van der Waals surface area contributed by atoms with Crippen molar-refractivity contribution in [3.05, 3.63) is 24.0 Å². The van der Waals surface area contributed by atoms with E-state index in [1.165, 1.54) is 0 Å². The maximum Gasteiger partial charge on any atom is 0.228 e. The molecule has 0 aliphatic heterocycles. The highest BCUT2D eigenvalue weighted by Gasteiger charge is 2.13. The molecule has 0 unspecified atom stereocenters. The molecule has 102 valence electrons. The summed E-state index contributed by atoms with van der Waals surface area (Å²) in [5.74, 6) is 0.608. The van der Waals surface area contributed by atoms with Crippen molar-refractivity contribution in [3.63, 3.8) is 0 Å². The summed E-state index contributed by atoms with van der Waals surface area (Å²) in [6.45, 7) is 7.75. The van der Waals surface area contributed by atoms with Crippen LogP contribution in [0.25, 0.3) is 0 Å². The Hall–Kier alpha value is -1.29. The zero-order valence-corrected chi connectivity index (χ0v) is 12.0. The molecule has 1 aromatic rings. The molecule has 0 bridgehead atoms. The third-order valence-electron chi connectivity index (χ3n) is 2.50. The zero-order chi connectivity index (χ0) is 12.8. The number of aromatic nitrogens is 1. The van der Waals surface area contributed by atoms with Crippen molar-refractivity contribution >= 4 is 24.0 Å². The normalized spacial score (nSPS) is 10.0. The van der Waals surface area contributed by atoms with Crippen molar-refractivity contribution in [1.29, 1.82) is 0 Å². The van der Waals surface area contributed by atoms with Crippen LogP contribution in [-0.4, -0.2) is 28.9 Å². The lowest BCUT2D eigenvalue weighted by atomic mass is 10.2. The zero-order valence-electron chi connectivity index (χ0n) is 11.2. The Kier molecular flexibility index (Phi) is 7.36. The summed E-state index contributed by atoms with van der Waals surface area (Å²) in [5.41, 5.74) is 6.94. The van der Waals surface area contributed by atoms with Gasteiger partial charge in [0, 0.05) is 18.8 Å².